The van der Waals surface area contributed by atoms with E-state index in [2.05, 4.69) is 13.2 Å². The lowest BCUT2D eigenvalue weighted by molar-refractivity contribution is -0.154. The van der Waals surface area contributed by atoms with Gasteiger partial charge in [-0.2, -0.15) is 0 Å². The van der Waals surface area contributed by atoms with Gasteiger partial charge in [-0.3, -0.25) is 14.4 Å². The van der Waals surface area contributed by atoms with Crippen molar-refractivity contribution in [1.29, 1.82) is 0 Å². The summed E-state index contributed by atoms with van der Waals surface area (Å²) >= 11 is 0. The van der Waals surface area contributed by atoms with Crippen LogP contribution in [-0.2, 0) is 19.1 Å². The van der Waals surface area contributed by atoms with E-state index < -0.39 is 29.1 Å². The van der Waals surface area contributed by atoms with Crippen LogP contribution in [-0.4, -0.2) is 93.6 Å². The molecule has 3 fully saturated rings. The van der Waals surface area contributed by atoms with E-state index >= 15 is 0 Å². The summed E-state index contributed by atoms with van der Waals surface area (Å²) in [7, 11) is 0. The first-order valence-corrected chi connectivity index (χ1v) is 13.1. The minimum absolute atomic E-state index is 0.0208. The summed E-state index contributed by atoms with van der Waals surface area (Å²) in [5.41, 5.74) is -1.82. The molecule has 3 aliphatic rings. The highest BCUT2D eigenvalue weighted by atomic mass is 16.5. The highest BCUT2D eigenvalue weighted by Crippen LogP contribution is 2.63. The van der Waals surface area contributed by atoms with Crippen LogP contribution in [0.2, 0.25) is 0 Å². The van der Waals surface area contributed by atoms with Crippen molar-refractivity contribution in [1.82, 2.24) is 14.7 Å². The largest absolute Gasteiger partial charge is 0.396 e. The van der Waals surface area contributed by atoms with E-state index in [-0.39, 0.29) is 30.4 Å². The first kappa shape index (κ1) is 27.4. The van der Waals surface area contributed by atoms with Crippen LogP contribution in [0.1, 0.15) is 59.8 Å². The second-order valence-electron chi connectivity index (χ2n) is 10.6. The van der Waals surface area contributed by atoms with Crippen molar-refractivity contribution < 1.29 is 24.2 Å². The number of ether oxygens (including phenoxy) is 1. The molecule has 8 nitrogen and oxygen atoms in total. The van der Waals surface area contributed by atoms with Gasteiger partial charge in [0.15, 0.2) is 0 Å². The summed E-state index contributed by atoms with van der Waals surface area (Å²) in [4.78, 5) is 47.1. The third kappa shape index (κ3) is 4.55. The molecule has 2 unspecified atom stereocenters. The summed E-state index contributed by atoms with van der Waals surface area (Å²) < 4.78 is 6.70. The Bertz CT molecular complexity index is 845. The van der Waals surface area contributed by atoms with Gasteiger partial charge >= 0.3 is 0 Å². The molecule has 0 aliphatic carbocycles. The average molecular weight is 490 g/mol. The number of carbonyl (C=O) groups is 3. The van der Waals surface area contributed by atoms with Crippen LogP contribution in [0.5, 0.6) is 0 Å². The Kier molecular flexibility index (Phi) is 8.48. The molecule has 8 heteroatoms. The first-order chi connectivity index (χ1) is 16.6. The van der Waals surface area contributed by atoms with Gasteiger partial charge in [0.1, 0.15) is 11.6 Å². The Labute approximate surface area is 210 Å². The lowest BCUT2D eigenvalue weighted by atomic mass is 9.66. The maximum Gasteiger partial charge on any atom is 0.248 e. The molecule has 3 saturated heterocycles. The maximum atomic E-state index is 14.1. The Balaban J connectivity index is 2.06. The number of unbranched alkanes of at least 4 members (excludes halogenated alkanes) is 1. The van der Waals surface area contributed by atoms with Gasteiger partial charge in [-0.1, -0.05) is 19.1 Å². The smallest absolute Gasteiger partial charge is 0.248 e. The quantitative estimate of drug-likeness (QED) is 0.317. The van der Waals surface area contributed by atoms with Crippen LogP contribution in [0.15, 0.2) is 25.3 Å². The zero-order chi connectivity index (χ0) is 26.0. The Morgan fingerprint density at radius 3 is 2.46 bits per heavy atom. The normalized spacial score (nSPS) is 31.1. The number of hydrogen-bond donors (Lipinski definition) is 1. The molecular formula is C27H43N3O5. The molecule has 3 heterocycles. The van der Waals surface area contributed by atoms with Crippen LogP contribution in [0.4, 0.5) is 0 Å². The lowest BCUT2D eigenvalue weighted by Gasteiger charge is -2.38. The van der Waals surface area contributed by atoms with Gasteiger partial charge in [-0.25, -0.2) is 0 Å². The second kappa shape index (κ2) is 10.8. The monoisotopic (exact) mass is 489 g/mol. The van der Waals surface area contributed by atoms with Crippen molar-refractivity contribution in [2.45, 2.75) is 83.1 Å². The highest BCUT2D eigenvalue weighted by molar-refractivity contribution is 5.99. The van der Waals surface area contributed by atoms with Crippen LogP contribution >= 0.6 is 0 Å². The topological polar surface area (TPSA) is 90.4 Å². The van der Waals surface area contributed by atoms with Crippen LogP contribution < -0.4 is 0 Å². The molecule has 1 N–H and O–H groups in total. The van der Waals surface area contributed by atoms with Crippen LogP contribution in [0.3, 0.4) is 0 Å². The minimum Gasteiger partial charge on any atom is -0.396 e. The molecule has 3 rings (SSSR count). The Morgan fingerprint density at radius 2 is 1.89 bits per heavy atom. The fourth-order valence-electron chi connectivity index (χ4n) is 6.48. The van der Waals surface area contributed by atoms with E-state index in [0.717, 1.165) is 6.42 Å². The number of nitrogens with zero attached hydrogens (tertiary/aromatic N) is 3. The lowest BCUT2D eigenvalue weighted by Crippen LogP contribution is -2.57. The predicted molar refractivity (Wildman–Crippen MR) is 134 cm³/mol. The Hall–Kier alpha value is -2.19. The number of aliphatic hydroxyl groups is 1. The summed E-state index contributed by atoms with van der Waals surface area (Å²) in [6.07, 6.45) is 6.50. The number of aliphatic hydroxyl groups excluding tert-OH is 1. The van der Waals surface area contributed by atoms with Crippen molar-refractivity contribution in [2.75, 3.05) is 32.8 Å². The van der Waals surface area contributed by atoms with Crippen LogP contribution in [0, 0.1) is 11.8 Å². The maximum absolute atomic E-state index is 14.1. The van der Waals surface area contributed by atoms with E-state index in [1.54, 1.807) is 26.9 Å². The molecule has 0 aromatic rings. The van der Waals surface area contributed by atoms with Crippen LogP contribution in [0.25, 0.3) is 0 Å². The molecule has 35 heavy (non-hydrogen) atoms. The highest BCUT2D eigenvalue weighted by Gasteiger charge is 2.78. The number of rotatable bonds is 13. The standard InChI is InChI=1S/C27H43N3O5/c1-7-14-28(15-8-2)23(32)20-21-24(33)30(17-10-11-18-31)22(25(34)29(16-9-3)19(4)5)27(21)13-12-26(20,6)35-27/h7,9,19-22,31H,1,3,8,10-18H2,2,4-6H3/t20-,21-,22?,26+,27?/m0/s1. The van der Waals surface area contributed by atoms with Gasteiger partial charge in [-0.15, -0.1) is 13.2 Å². The molecule has 0 saturated carbocycles. The van der Waals surface area contributed by atoms with Crippen molar-refractivity contribution in [3.63, 3.8) is 0 Å². The number of carbonyl (C=O) groups excluding carboxylic acids is 3. The van der Waals surface area contributed by atoms with Crippen molar-refractivity contribution >= 4 is 17.7 Å². The fourth-order valence-corrected chi connectivity index (χ4v) is 6.48. The fraction of sp³-hybridized carbons (Fsp3) is 0.741. The number of likely N-dealkylation sites (tertiary alicyclic amines) is 1. The zero-order valence-corrected chi connectivity index (χ0v) is 21.9. The molecule has 0 aromatic heterocycles. The van der Waals surface area contributed by atoms with Crippen molar-refractivity contribution in [3.8, 4) is 0 Å². The molecule has 1 spiro atoms. The number of fused-ring (bicyclic) bond motifs is 1. The van der Waals surface area contributed by atoms with E-state index in [0.29, 0.717) is 51.9 Å². The molecule has 0 aromatic carbocycles. The summed E-state index contributed by atoms with van der Waals surface area (Å²) in [6.45, 7) is 17.2. The average Bonchev–Trinajstić information content (AvgIpc) is 3.37. The molecule has 2 bridgehead atoms. The summed E-state index contributed by atoms with van der Waals surface area (Å²) in [6, 6.07) is -0.871. The van der Waals surface area contributed by atoms with Gasteiger partial charge in [0.2, 0.25) is 17.7 Å². The van der Waals surface area contributed by atoms with E-state index in [9.17, 15) is 19.5 Å². The van der Waals surface area contributed by atoms with E-state index in [4.69, 9.17) is 4.74 Å². The molecule has 196 valence electrons. The number of amides is 3. The van der Waals surface area contributed by atoms with Gasteiger partial charge in [-0.05, 0) is 52.9 Å². The Morgan fingerprint density at radius 1 is 1.20 bits per heavy atom. The molecule has 5 atom stereocenters. The molecule has 3 amide bonds. The second-order valence-corrected chi connectivity index (χ2v) is 10.6. The molecule has 0 radical (unpaired) electrons. The minimum atomic E-state index is -1.02. The third-order valence-electron chi connectivity index (χ3n) is 7.97. The van der Waals surface area contributed by atoms with Gasteiger partial charge in [0, 0.05) is 38.8 Å². The summed E-state index contributed by atoms with van der Waals surface area (Å²) in [5, 5.41) is 9.32. The molecule has 3 aliphatic heterocycles. The SMILES string of the molecule is C=CCN(CCC)C(=O)[C@@H]1[C@H]2C(=O)N(CCCCO)C(C(=O)N(CC=C)C(C)C)C23CC[C@@]1(C)O3. The number of hydrogen-bond acceptors (Lipinski definition) is 5. The van der Waals surface area contributed by atoms with Gasteiger partial charge in [0.25, 0.3) is 0 Å². The zero-order valence-electron chi connectivity index (χ0n) is 21.9. The summed E-state index contributed by atoms with van der Waals surface area (Å²) in [5.74, 6) is -1.77. The van der Waals surface area contributed by atoms with E-state index in [1.165, 1.54) is 0 Å². The predicted octanol–water partition coefficient (Wildman–Crippen LogP) is 2.37. The molecular weight excluding hydrogens is 446 g/mol. The van der Waals surface area contributed by atoms with Crippen molar-refractivity contribution in [3.05, 3.63) is 25.3 Å². The van der Waals surface area contributed by atoms with Gasteiger partial charge in [0.05, 0.1) is 17.4 Å². The van der Waals surface area contributed by atoms with Crippen molar-refractivity contribution in [2.24, 2.45) is 11.8 Å². The third-order valence-corrected chi connectivity index (χ3v) is 7.97. The van der Waals surface area contributed by atoms with Gasteiger partial charge < -0.3 is 24.5 Å². The van der Waals surface area contributed by atoms with E-state index in [1.807, 2.05) is 27.7 Å². The first-order valence-electron chi connectivity index (χ1n) is 13.1.